The molecule has 2 amide bonds. The molecule has 1 aliphatic heterocycles. The van der Waals surface area contributed by atoms with Gasteiger partial charge in [-0.25, -0.2) is 4.79 Å². The molecular formula is C29H22F3N3O4S. The lowest BCUT2D eigenvalue weighted by molar-refractivity contribution is -0.137. The van der Waals surface area contributed by atoms with Crippen molar-refractivity contribution in [2.24, 2.45) is 0 Å². The Hall–Kier alpha value is -4.56. The summed E-state index contributed by atoms with van der Waals surface area (Å²) < 4.78 is 44.6. The van der Waals surface area contributed by atoms with Gasteiger partial charge in [-0.2, -0.15) is 18.4 Å². The molecule has 1 unspecified atom stereocenters. The van der Waals surface area contributed by atoms with Gasteiger partial charge in [0.1, 0.15) is 16.7 Å². The van der Waals surface area contributed by atoms with Crippen molar-refractivity contribution in [1.82, 2.24) is 0 Å². The molecule has 0 spiro atoms. The van der Waals surface area contributed by atoms with Crippen molar-refractivity contribution in [2.45, 2.75) is 24.8 Å². The van der Waals surface area contributed by atoms with Gasteiger partial charge in [-0.3, -0.25) is 14.5 Å². The number of nitrogens with zero attached hydrogens (tertiary/aromatic N) is 2. The monoisotopic (exact) mass is 565 g/mol. The first kappa shape index (κ1) is 28.4. The predicted molar refractivity (Wildman–Crippen MR) is 144 cm³/mol. The van der Waals surface area contributed by atoms with Crippen LogP contribution in [0.2, 0.25) is 0 Å². The third-order valence-corrected chi connectivity index (χ3v) is 7.11. The zero-order chi connectivity index (χ0) is 28.9. The minimum Gasteiger partial charge on any atom is -0.462 e. The lowest BCUT2D eigenvalue weighted by Gasteiger charge is -2.18. The van der Waals surface area contributed by atoms with Crippen LogP contribution < -0.4 is 10.2 Å². The number of rotatable bonds is 7. The molecule has 40 heavy (non-hydrogen) atoms. The maximum Gasteiger partial charge on any atom is 0.416 e. The second kappa shape index (κ2) is 12.1. The number of nitriles is 1. The van der Waals surface area contributed by atoms with Crippen molar-refractivity contribution in [3.05, 3.63) is 106 Å². The second-order valence-corrected chi connectivity index (χ2v) is 9.75. The summed E-state index contributed by atoms with van der Waals surface area (Å²) in [6.45, 7) is 1.89. The second-order valence-electron chi connectivity index (χ2n) is 8.56. The van der Waals surface area contributed by atoms with Crippen LogP contribution in [0, 0.1) is 11.3 Å². The molecule has 1 fully saturated rings. The Bertz CT molecular complexity index is 1500. The van der Waals surface area contributed by atoms with Gasteiger partial charge < -0.3 is 10.1 Å². The molecule has 1 atom stereocenters. The van der Waals surface area contributed by atoms with Crippen LogP contribution in [0.15, 0.2) is 89.5 Å². The van der Waals surface area contributed by atoms with Crippen LogP contribution >= 0.6 is 11.8 Å². The van der Waals surface area contributed by atoms with Crippen LogP contribution in [0.4, 0.5) is 24.5 Å². The SMILES string of the molecule is CCOC(=O)c1ccc(NC(=O)/C(C#N)=C2\SC(Cc3cccc(C(F)(F)F)c3)C(=O)N2c2ccccc2)cc1. The maximum absolute atomic E-state index is 13.5. The van der Waals surface area contributed by atoms with Crippen LogP contribution in [0.1, 0.15) is 28.4 Å². The van der Waals surface area contributed by atoms with Crippen LogP contribution in [0.5, 0.6) is 0 Å². The first-order chi connectivity index (χ1) is 19.1. The number of benzene rings is 3. The van der Waals surface area contributed by atoms with Gasteiger partial charge in [-0.05, 0) is 61.4 Å². The number of hydrogen-bond acceptors (Lipinski definition) is 6. The Balaban J connectivity index is 1.65. The van der Waals surface area contributed by atoms with Crippen LogP contribution in [0.3, 0.4) is 0 Å². The van der Waals surface area contributed by atoms with Gasteiger partial charge in [0, 0.05) is 11.4 Å². The van der Waals surface area contributed by atoms with E-state index in [9.17, 15) is 32.8 Å². The molecular weight excluding hydrogens is 543 g/mol. The van der Waals surface area contributed by atoms with Gasteiger partial charge in [-0.1, -0.05) is 48.2 Å². The van der Waals surface area contributed by atoms with E-state index in [-0.39, 0.29) is 29.2 Å². The summed E-state index contributed by atoms with van der Waals surface area (Å²) in [5, 5.41) is 11.7. The number of nitrogens with one attached hydrogen (secondary N) is 1. The highest BCUT2D eigenvalue weighted by molar-refractivity contribution is 8.05. The average molecular weight is 566 g/mol. The van der Waals surface area contributed by atoms with E-state index in [4.69, 9.17) is 4.74 Å². The summed E-state index contributed by atoms with van der Waals surface area (Å²) in [4.78, 5) is 39.8. The molecule has 0 bridgehead atoms. The average Bonchev–Trinajstić information content (AvgIpc) is 3.24. The van der Waals surface area contributed by atoms with Crippen molar-refractivity contribution < 1.29 is 32.3 Å². The molecule has 0 radical (unpaired) electrons. The normalized spacial score (nSPS) is 16.3. The highest BCUT2D eigenvalue weighted by Crippen LogP contribution is 2.42. The molecule has 204 valence electrons. The van der Waals surface area contributed by atoms with E-state index in [0.717, 1.165) is 23.9 Å². The Kier molecular flexibility index (Phi) is 8.60. The number of carbonyl (C=O) groups excluding carboxylic acids is 3. The lowest BCUT2D eigenvalue weighted by atomic mass is 10.1. The minimum atomic E-state index is -4.54. The molecule has 1 N–H and O–H groups in total. The fourth-order valence-corrected chi connectivity index (χ4v) is 5.29. The van der Waals surface area contributed by atoms with Crippen molar-refractivity contribution in [2.75, 3.05) is 16.8 Å². The molecule has 0 aliphatic carbocycles. The molecule has 3 aromatic rings. The predicted octanol–water partition coefficient (Wildman–Crippen LogP) is 5.95. The smallest absolute Gasteiger partial charge is 0.416 e. The fraction of sp³-hybridized carbons (Fsp3) is 0.172. The molecule has 1 saturated heterocycles. The summed E-state index contributed by atoms with van der Waals surface area (Å²) in [7, 11) is 0. The van der Waals surface area contributed by atoms with Crippen LogP contribution in [-0.2, 0) is 26.9 Å². The van der Waals surface area contributed by atoms with Crippen molar-refractivity contribution in [1.29, 1.82) is 5.26 Å². The van der Waals surface area contributed by atoms with Crippen LogP contribution in [0.25, 0.3) is 0 Å². The summed E-state index contributed by atoms with van der Waals surface area (Å²) >= 11 is 0.944. The van der Waals surface area contributed by atoms with E-state index < -0.39 is 34.8 Å². The van der Waals surface area contributed by atoms with Crippen molar-refractivity contribution in [3.8, 4) is 6.07 Å². The fourth-order valence-electron chi connectivity index (χ4n) is 3.99. The van der Waals surface area contributed by atoms with E-state index in [1.807, 2.05) is 6.07 Å². The van der Waals surface area contributed by atoms with Gasteiger partial charge in [-0.15, -0.1) is 0 Å². The van der Waals surface area contributed by atoms with Gasteiger partial charge in [0.15, 0.2) is 0 Å². The number of carbonyl (C=O) groups is 3. The Morgan fingerprint density at radius 1 is 1.05 bits per heavy atom. The summed E-state index contributed by atoms with van der Waals surface area (Å²) in [5.41, 5.74) is 0.0988. The number of amides is 2. The number of hydrogen-bond donors (Lipinski definition) is 1. The first-order valence-corrected chi connectivity index (χ1v) is 12.9. The lowest BCUT2D eigenvalue weighted by Crippen LogP contribution is -2.31. The highest BCUT2D eigenvalue weighted by atomic mass is 32.2. The zero-order valence-corrected chi connectivity index (χ0v) is 21.9. The van der Waals surface area contributed by atoms with E-state index in [1.54, 1.807) is 37.3 Å². The molecule has 1 aliphatic rings. The topological polar surface area (TPSA) is 99.5 Å². The molecule has 0 aromatic heterocycles. The number of para-hydroxylation sites is 1. The van der Waals surface area contributed by atoms with Gasteiger partial charge in [0.05, 0.1) is 23.0 Å². The summed E-state index contributed by atoms with van der Waals surface area (Å²) in [6, 6.07) is 20.8. The zero-order valence-electron chi connectivity index (χ0n) is 21.1. The molecule has 3 aromatic carbocycles. The third-order valence-electron chi connectivity index (χ3n) is 5.85. The number of halogens is 3. The maximum atomic E-state index is 13.5. The largest absolute Gasteiger partial charge is 0.462 e. The standard InChI is InChI=1S/C29H22F3N3O4S/c1-2-39-28(38)19-11-13-21(14-12-19)34-25(36)23(17-33)27-35(22-9-4-3-5-10-22)26(37)24(40-27)16-18-7-6-8-20(15-18)29(30,31)32/h3-15,24H,2,16H2,1H3,(H,34,36)/b27-23-. The van der Waals surface area contributed by atoms with Gasteiger partial charge >= 0.3 is 12.1 Å². The quantitative estimate of drug-likeness (QED) is 0.216. The molecule has 1 heterocycles. The molecule has 11 heteroatoms. The summed E-state index contributed by atoms with van der Waals surface area (Å²) in [5.74, 6) is -1.78. The van der Waals surface area contributed by atoms with E-state index >= 15 is 0 Å². The molecule has 7 nitrogen and oxygen atoms in total. The van der Waals surface area contributed by atoms with E-state index in [1.165, 1.54) is 41.3 Å². The van der Waals surface area contributed by atoms with Gasteiger partial charge in [0.25, 0.3) is 5.91 Å². The number of thioether (sulfide) groups is 1. The van der Waals surface area contributed by atoms with E-state index in [2.05, 4.69) is 5.32 Å². The number of esters is 1. The Morgan fingerprint density at radius 2 is 1.75 bits per heavy atom. The van der Waals surface area contributed by atoms with Crippen LogP contribution in [-0.4, -0.2) is 29.6 Å². The minimum absolute atomic E-state index is 0.0457. The third kappa shape index (κ3) is 6.35. The number of ether oxygens (including phenoxy) is 1. The van der Waals surface area contributed by atoms with Crippen molar-refractivity contribution in [3.63, 3.8) is 0 Å². The first-order valence-electron chi connectivity index (χ1n) is 12.1. The van der Waals surface area contributed by atoms with E-state index in [0.29, 0.717) is 16.9 Å². The Labute approximate surface area is 232 Å². The molecule has 4 rings (SSSR count). The molecule has 0 saturated carbocycles. The number of alkyl halides is 3. The number of anilines is 2. The highest BCUT2D eigenvalue weighted by Gasteiger charge is 2.41. The Morgan fingerprint density at radius 3 is 2.38 bits per heavy atom. The van der Waals surface area contributed by atoms with Crippen molar-refractivity contribution >= 4 is 40.9 Å². The summed E-state index contributed by atoms with van der Waals surface area (Å²) in [6.07, 6.45) is -4.58. The van der Waals surface area contributed by atoms with Gasteiger partial charge in [0.2, 0.25) is 5.91 Å².